The Morgan fingerprint density at radius 2 is 2.50 bits per heavy atom. The first-order chi connectivity index (χ1) is 7.72. The van der Waals surface area contributed by atoms with Crippen LogP contribution in [0.1, 0.15) is 12.8 Å². The van der Waals surface area contributed by atoms with E-state index in [0.717, 1.165) is 25.2 Å². The van der Waals surface area contributed by atoms with Gasteiger partial charge in [0.05, 0.1) is 0 Å². The van der Waals surface area contributed by atoms with Crippen LogP contribution in [0.2, 0.25) is 0 Å². The summed E-state index contributed by atoms with van der Waals surface area (Å²) in [7, 11) is 1.65. The van der Waals surface area contributed by atoms with Crippen molar-refractivity contribution in [1.29, 1.82) is 0 Å². The van der Waals surface area contributed by atoms with Gasteiger partial charge in [0.15, 0.2) is 0 Å². The SMILES string of the molecule is CNC(=O)C1CCCN1c1ccnc(N)n1. The first-order valence-corrected chi connectivity index (χ1v) is 5.29. The minimum absolute atomic E-state index is 0.0229. The molecule has 1 aromatic rings. The maximum Gasteiger partial charge on any atom is 0.242 e. The molecule has 0 bridgehead atoms. The lowest BCUT2D eigenvalue weighted by Crippen LogP contribution is -2.42. The quantitative estimate of drug-likeness (QED) is 0.721. The fraction of sp³-hybridized carbons (Fsp3) is 0.500. The highest BCUT2D eigenvalue weighted by molar-refractivity contribution is 5.85. The maximum absolute atomic E-state index is 11.7. The molecular formula is C10H15N5O. The number of hydrogen-bond acceptors (Lipinski definition) is 5. The third-order valence-corrected chi connectivity index (χ3v) is 2.76. The summed E-state index contributed by atoms with van der Waals surface area (Å²) >= 11 is 0. The first-order valence-electron chi connectivity index (χ1n) is 5.29. The molecule has 6 heteroatoms. The van der Waals surface area contributed by atoms with Gasteiger partial charge >= 0.3 is 0 Å². The average Bonchev–Trinajstić information content (AvgIpc) is 2.77. The van der Waals surface area contributed by atoms with E-state index in [4.69, 9.17) is 5.73 Å². The van der Waals surface area contributed by atoms with Gasteiger partial charge in [0.25, 0.3) is 0 Å². The fourth-order valence-electron chi connectivity index (χ4n) is 2.00. The Labute approximate surface area is 93.9 Å². The van der Waals surface area contributed by atoms with E-state index >= 15 is 0 Å². The largest absolute Gasteiger partial charge is 0.368 e. The number of anilines is 2. The van der Waals surface area contributed by atoms with Crippen LogP contribution < -0.4 is 16.0 Å². The van der Waals surface area contributed by atoms with E-state index < -0.39 is 0 Å². The summed E-state index contributed by atoms with van der Waals surface area (Å²) in [6.07, 6.45) is 3.45. The fourth-order valence-corrected chi connectivity index (χ4v) is 2.00. The highest BCUT2D eigenvalue weighted by Crippen LogP contribution is 2.23. The Morgan fingerprint density at radius 1 is 1.69 bits per heavy atom. The van der Waals surface area contributed by atoms with Crippen LogP contribution in [0.3, 0.4) is 0 Å². The van der Waals surface area contributed by atoms with Gasteiger partial charge in [0.1, 0.15) is 11.9 Å². The van der Waals surface area contributed by atoms with Gasteiger partial charge in [-0.3, -0.25) is 4.79 Å². The summed E-state index contributed by atoms with van der Waals surface area (Å²) in [6.45, 7) is 0.828. The highest BCUT2D eigenvalue weighted by atomic mass is 16.2. The smallest absolute Gasteiger partial charge is 0.242 e. The Morgan fingerprint density at radius 3 is 3.19 bits per heavy atom. The Bertz CT molecular complexity index is 395. The molecule has 0 radical (unpaired) electrons. The Hall–Kier alpha value is -1.85. The zero-order chi connectivity index (χ0) is 11.5. The van der Waals surface area contributed by atoms with Gasteiger partial charge in [-0.1, -0.05) is 0 Å². The molecule has 1 atom stereocenters. The number of amides is 1. The summed E-state index contributed by atoms with van der Waals surface area (Å²) in [5, 5.41) is 2.67. The molecule has 1 unspecified atom stereocenters. The zero-order valence-electron chi connectivity index (χ0n) is 9.18. The number of hydrogen-bond donors (Lipinski definition) is 2. The molecule has 86 valence electrons. The van der Waals surface area contributed by atoms with Gasteiger partial charge in [-0.15, -0.1) is 0 Å². The van der Waals surface area contributed by atoms with Crippen LogP contribution >= 0.6 is 0 Å². The molecule has 6 nitrogen and oxygen atoms in total. The van der Waals surface area contributed by atoms with Crippen LogP contribution in [0, 0.1) is 0 Å². The molecule has 0 spiro atoms. The molecule has 1 aromatic heterocycles. The molecule has 16 heavy (non-hydrogen) atoms. The Kier molecular flexibility index (Phi) is 2.89. The monoisotopic (exact) mass is 221 g/mol. The van der Waals surface area contributed by atoms with Gasteiger partial charge < -0.3 is 16.0 Å². The van der Waals surface area contributed by atoms with Crippen LogP contribution in [-0.4, -0.2) is 35.5 Å². The van der Waals surface area contributed by atoms with Crippen LogP contribution in [0.4, 0.5) is 11.8 Å². The number of aromatic nitrogens is 2. The lowest BCUT2D eigenvalue weighted by molar-refractivity contribution is -0.121. The number of nitrogens with one attached hydrogen (secondary N) is 1. The van der Waals surface area contributed by atoms with Crippen molar-refractivity contribution in [3.05, 3.63) is 12.3 Å². The van der Waals surface area contributed by atoms with E-state index in [2.05, 4.69) is 15.3 Å². The number of rotatable bonds is 2. The van der Waals surface area contributed by atoms with Crippen molar-refractivity contribution in [2.75, 3.05) is 24.2 Å². The van der Waals surface area contributed by atoms with E-state index in [1.165, 1.54) is 0 Å². The molecule has 2 heterocycles. The highest BCUT2D eigenvalue weighted by Gasteiger charge is 2.30. The predicted molar refractivity (Wildman–Crippen MR) is 60.9 cm³/mol. The number of nitrogens with zero attached hydrogens (tertiary/aromatic N) is 3. The van der Waals surface area contributed by atoms with Crippen LogP contribution in [0.15, 0.2) is 12.3 Å². The van der Waals surface area contributed by atoms with Crippen LogP contribution in [0.5, 0.6) is 0 Å². The minimum atomic E-state index is -0.140. The number of carbonyl (C=O) groups is 1. The molecular weight excluding hydrogens is 206 g/mol. The number of nitrogen functional groups attached to an aromatic ring is 1. The summed E-state index contributed by atoms with van der Waals surface area (Å²) in [4.78, 5) is 21.6. The van der Waals surface area contributed by atoms with Gasteiger partial charge in [-0.05, 0) is 18.9 Å². The van der Waals surface area contributed by atoms with Gasteiger partial charge in [0, 0.05) is 19.8 Å². The second kappa shape index (κ2) is 4.34. The third-order valence-electron chi connectivity index (χ3n) is 2.76. The van der Waals surface area contributed by atoms with Crippen molar-refractivity contribution in [3.8, 4) is 0 Å². The van der Waals surface area contributed by atoms with Gasteiger partial charge in [0.2, 0.25) is 11.9 Å². The van der Waals surface area contributed by atoms with Crippen molar-refractivity contribution in [2.45, 2.75) is 18.9 Å². The van der Waals surface area contributed by atoms with Crippen molar-refractivity contribution >= 4 is 17.7 Å². The van der Waals surface area contributed by atoms with Crippen LogP contribution in [-0.2, 0) is 4.79 Å². The summed E-state index contributed by atoms with van der Waals surface area (Å²) in [5.41, 5.74) is 5.53. The molecule has 1 aliphatic rings. The van der Waals surface area contributed by atoms with Gasteiger partial charge in [-0.2, -0.15) is 4.98 Å². The Balaban J connectivity index is 2.23. The number of nitrogens with two attached hydrogens (primary N) is 1. The normalized spacial score (nSPS) is 19.8. The molecule has 3 N–H and O–H groups in total. The molecule has 2 rings (SSSR count). The topological polar surface area (TPSA) is 84.1 Å². The van der Waals surface area contributed by atoms with Gasteiger partial charge in [-0.25, -0.2) is 4.98 Å². The molecule has 1 fully saturated rings. The van der Waals surface area contributed by atoms with Crippen molar-refractivity contribution < 1.29 is 4.79 Å². The van der Waals surface area contributed by atoms with E-state index in [-0.39, 0.29) is 17.9 Å². The van der Waals surface area contributed by atoms with Crippen LogP contribution in [0.25, 0.3) is 0 Å². The lowest BCUT2D eigenvalue weighted by Gasteiger charge is -2.24. The summed E-state index contributed by atoms with van der Waals surface area (Å²) in [6, 6.07) is 1.64. The number of likely N-dealkylation sites (N-methyl/N-ethyl adjacent to an activating group) is 1. The maximum atomic E-state index is 11.7. The van der Waals surface area contributed by atoms with E-state index in [9.17, 15) is 4.79 Å². The summed E-state index contributed by atoms with van der Waals surface area (Å²) < 4.78 is 0. The molecule has 0 saturated carbocycles. The molecule has 0 aromatic carbocycles. The molecule has 1 saturated heterocycles. The first kappa shape index (κ1) is 10.7. The summed E-state index contributed by atoms with van der Waals surface area (Å²) in [5.74, 6) is 0.980. The predicted octanol–water partition coefficient (Wildman–Crippen LogP) is -0.226. The third kappa shape index (κ3) is 1.91. The molecule has 1 amide bonds. The second-order valence-corrected chi connectivity index (χ2v) is 3.74. The van der Waals surface area contributed by atoms with Crippen molar-refractivity contribution in [1.82, 2.24) is 15.3 Å². The lowest BCUT2D eigenvalue weighted by atomic mass is 10.2. The van der Waals surface area contributed by atoms with Crippen molar-refractivity contribution in [3.63, 3.8) is 0 Å². The molecule has 0 aliphatic carbocycles. The van der Waals surface area contributed by atoms with E-state index in [0.29, 0.717) is 0 Å². The van der Waals surface area contributed by atoms with Crippen molar-refractivity contribution in [2.24, 2.45) is 0 Å². The van der Waals surface area contributed by atoms with E-state index in [1.54, 1.807) is 19.3 Å². The number of carbonyl (C=O) groups excluding carboxylic acids is 1. The molecule has 1 aliphatic heterocycles. The zero-order valence-corrected chi connectivity index (χ0v) is 9.18. The second-order valence-electron chi connectivity index (χ2n) is 3.74. The standard InChI is InChI=1S/C10H15N5O/c1-12-9(16)7-3-2-6-15(7)8-4-5-13-10(11)14-8/h4-5,7H,2-3,6H2,1H3,(H,12,16)(H2,11,13,14). The average molecular weight is 221 g/mol. The minimum Gasteiger partial charge on any atom is -0.368 e. The van der Waals surface area contributed by atoms with E-state index in [1.807, 2.05) is 4.90 Å².